The highest BCUT2D eigenvalue weighted by Crippen LogP contribution is 2.30. The van der Waals surface area contributed by atoms with Gasteiger partial charge < -0.3 is 9.47 Å². The van der Waals surface area contributed by atoms with Crippen LogP contribution in [0.1, 0.15) is 12.5 Å². The Morgan fingerprint density at radius 3 is 2.42 bits per heavy atom. The van der Waals surface area contributed by atoms with E-state index in [9.17, 15) is 0 Å². The summed E-state index contributed by atoms with van der Waals surface area (Å²) < 4.78 is 10.7. The number of nitrogens with zero attached hydrogens (tertiary/aromatic N) is 3. The summed E-state index contributed by atoms with van der Waals surface area (Å²) in [5.74, 6) is 2.44. The molecule has 1 N–H and O–H groups in total. The van der Waals surface area contributed by atoms with Crippen LogP contribution in [0.3, 0.4) is 0 Å². The quantitative estimate of drug-likeness (QED) is 0.308. The summed E-state index contributed by atoms with van der Waals surface area (Å²) in [6.45, 7) is 1.91. The van der Waals surface area contributed by atoms with E-state index >= 15 is 0 Å². The summed E-state index contributed by atoms with van der Waals surface area (Å²) >= 11 is 6.37. The Hall–Kier alpha value is -3.64. The van der Waals surface area contributed by atoms with Crippen LogP contribution in [0, 0.1) is 0 Å². The highest BCUT2D eigenvalue weighted by atomic mass is 35.5. The Bertz CT molecular complexity index is 1270. The number of hydrazone groups is 1. The Balaban J connectivity index is 1.73. The SMILES string of the molecule is COc1ccc(C(C)=NNc2nc(-c3ccccc3Cl)nc3ccccc23)cc1OC. The zero-order chi connectivity index (χ0) is 21.8. The first-order valence-electron chi connectivity index (χ1n) is 9.65. The van der Waals surface area contributed by atoms with Crippen LogP contribution in [-0.2, 0) is 0 Å². The predicted molar refractivity (Wildman–Crippen MR) is 125 cm³/mol. The van der Waals surface area contributed by atoms with Gasteiger partial charge in [-0.15, -0.1) is 0 Å². The molecule has 0 fully saturated rings. The van der Waals surface area contributed by atoms with Crippen LogP contribution in [0.2, 0.25) is 5.02 Å². The second-order valence-electron chi connectivity index (χ2n) is 6.77. The average molecular weight is 433 g/mol. The number of halogens is 1. The van der Waals surface area contributed by atoms with E-state index in [2.05, 4.69) is 15.5 Å². The smallest absolute Gasteiger partial charge is 0.163 e. The molecule has 156 valence electrons. The molecule has 0 aliphatic carbocycles. The molecule has 0 saturated carbocycles. The molecule has 0 bridgehead atoms. The monoisotopic (exact) mass is 432 g/mol. The van der Waals surface area contributed by atoms with Gasteiger partial charge in [-0.25, -0.2) is 9.97 Å². The number of benzene rings is 3. The predicted octanol–water partition coefficient (Wildman–Crippen LogP) is 5.80. The molecule has 3 aromatic carbocycles. The maximum absolute atomic E-state index is 6.37. The molecule has 6 nitrogen and oxygen atoms in total. The van der Waals surface area contributed by atoms with E-state index in [4.69, 9.17) is 26.1 Å². The Labute approximate surface area is 185 Å². The lowest BCUT2D eigenvalue weighted by molar-refractivity contribution is 0.355. The molecular weight excluding hydrogens is 412 g/mol. The third-order valence-electron chi connectivity index (χ3n) is 4.85. The van der Waals surface area contributed by atoms with Gasteiger partial charge in [-0.3, -0.25) is 5.43 Å². The first kappa shape index (κ1) is 20.6. The molecule has 1 heterocycles. The van der Waals surface area contributed by atoms with Crippen LogP contribution in [0.15, 0.2) is 71.8 Å². The van der Waals surface area contributed by atoms with Crippen molar-refractivity contribution < 1.29 is 9.47 Å². The van der Waals surface area contributed by atoms with E-state index < -0.39 is 0 Å². The minimum atomic E-state index is 0.533. The van der Waals surface area contributed by atoms with Gasteiger partial charge in [0.15, 0.2) is 23.1 Å². The number of methoxy groups -OCH3 is 2. The Kier molecular flexibility index (Phi) is 6.00. The van der Waals surface area contributed by atoms with E-state index in [1.54, 1.807) is 14.2 Å². The number of rotatable bonds is 6. The van der Waals surface area contributed by atoms with Gasteiger partial charge in [0.05, 0.1) is 30.5 Å². The third kappa shape index (κ3) is 4.29. The molecule has 0 amide bonds. The van der Waals surface area contributed by atoms with Crippen molar-refractivity contribution in [3.05, 3.63) is 77.3 Å². The van der Waals surface area contributed by atoms with Crippen LogP contribution in [-0.4, -0.2) is 29.9 Å². The minimum absolute atomic E-state index is 0.533. The zero-order valence-electron chi connectivity index (χ0n) is 17.4. The van der Waals surface area contributed by atoms with Gasteiger partial charge in [0.1, 0.15) is 0 Å². The van der Waals surface area contributed by atoms with Gasteiger partial charge in [0.25, 0.3) is 0 Å². The van der Waals surface area contributed by atoms with Crippen molar-refractivity contribution in [2.75, 3.05) is 19.6 Å². The summed E-state index contributed by atoms with van der Waals surface area (Å²) in [5, 5.41) is 6.00. The van der Waals surface area contributed by atoms with Crippen LogP contribution in [0.25, 0.3) is 22.3 Å². The molecular formula is C24H21ClN4O2. The van der Waals surface area contributed by atoms with Crippen LogP contribution >= 0.6 is 11.6 Å². The number of fused-ring (bicyclic) bond motifs is 1. The summed E-state index contributed by atoms with van der Waals surface area (Å²) in [5.41, 5.74) is 6.33. The van der Waals surface area contributed by atoms with Crippen molar-refractivity contribution in [1.29, 1.82) is 0 Å². The number of aromatic nitrogens is 2. The van der Waals surface area contributed by atoms with E-state index in [0.717, 1.165) is 27.7 Å². The highest BCUT2D eigenvalue weighted by molar-refractivity contribution is 6.33. The Morgan fingerprint density at radius 2 is 1.65 bits per heavy atom. The number of ether oxygens (including phenoxy) is 2. The van der Waals surface area contributed by atoms with Gasteiger partial charge >= 0.3 is 0 Å². The van der Waals surface area contributed by atoms with Crippen molar-refractivity contribution in [2.24, 2.45) is 5.10 Å². The van der Waals surface area contributed by atoms with Crippen molar-refractivity contribution in [1.82, 2.24) is 9.97 Å². The molecule has 0 aliphatic rings. The van der Waals surface area contributed by atoms with Crippen molar-refractivity contribution >= 4 is 34.0 Å². The van der Waals surface area contributed by atoms with Gasteiger partial charge in [0.2, 0.25) is 0 Å². The van der Waals surface area contributed by atoms with Crippen LogP contribution in [0.4, 0.5) is 5.82 Å². The highest BCUT2D eigenvalue weighted by Gasteiger charge is 2.12. The fraction of sp³-hybridized carbons (Fsp3) is 0.125. The summed E-state index contributed by atoms with van der Waals surface area (Å²) in [7, 11) is 3.21. The maximum Gasteiger partial charge on any atom is 0.163 e. The topological polar surface area (TPSA) is 68.6 Å². The number of hydrogen-bond acceptors (Lipinski definition) is 6. The molecule has 7 heteroatoms. The summed E-state index contributed by atoms with van der Waals surface area (Å²) in [4.78, 5) is 9.38. The molecule has 0 atom stereocenters. The average Bonchev–Trinajstić information content (AvgIpc) is 2.81. The fourth-order valence-electron chi connectivity index (χ4n) is 3.19. The fourth-order valence-corrected chi connectivity index (χ4v) is 3.41. The molecule has 0 unspecified atom stereocenters. The van der Waals surface area contributed by atoms with Gasteiger partial charge in [-0.1, -0.05) is 35.9 Å². The van der Waals surface area contributed by atoms with E-state index in [-0.39, 0.29) is 0 Å². The first-order chi connectivity index (χ1) is 15.1. The lowest BCUT2D eigenvalue weighted by atomic mass is 10.1. The van der Waals surface area contributed by atoms with Gasteiger partial charge in [-0.2, -0.15) is 5.10 Å². The molecule has 0 aliphatic heterocycles. The second-order valence-corrected chi connectivity index (χ2v) is 7.18. The third-order valence-corrected chi connectivity index (χ3v) is 5.18. The molecule has 1 aromatic heterocycles. The Morgan fingerprint density at radius 1 is 0.903 bits per heavy atom. The second kappa shape index (κ2) is 9.02. The van der Waals surface area contributed by atoms with E-state index in [1.165, 1.54) is 0 Å². The summed E-state index contributed by atoms with van der Waals surface area (Å²) in [6, 6.07) is 20.9. The zero-order valence-corrected chi connectivity index (χ0v) is 18.1. The molecule has 0 radical (unpaired) electrons. The lowest BCUT2D eigenvalue weighted by Gasteiger charge is -2.11. The lowest BCUT2D eigenvalue weighted by Crippen LogP contribution is -2.04. The number of para-hydroxylation sites is 1. The molecule has 31 heavy (non-hydrogen) atoms. The minimum Gasteiger partial charge on any atom is -0.493 e. The van der Waals surface area contributed by atoms with Crippen molar-refractivity contribution in [3.63, 3.8) is 0 Å². The van der Waals surface area contributed by atoms with Gasteiger partial charge in [-0.05, 0) is 49.4 Å². The molecule has 0 saturated heterocycles. The number of nitrogens with one attached hydrogen (secondary N) is 1. The van der Waals surface area contributed by atoms with Gasteiger partial charge in [0, 0.05) is 16.5 Å². The maximum atomic E-state index is 6.37. The van der Waals surface area contributed by atoms with Crippen LogP contribution in [0.5, 0.6) is 11.5 Å². The van der Waals surface area contributed by atoms with Crippen molar-refractivity contribution in [3.8, 4) is 22.9 Å². The first-order valence-corrected chi connectivity index (χ1v) is 10.0. The number of anilines is 1. The standard InChI is InChI=1S/C24H21ClN4O2/c1-15(16-12-13-21(30-2)22(14-16)31-3)28-29-24-18-9-5-7-11-20(18)26-23(27-24)17-8-4-6-10-19(17)25/h4-14H,1-3H3,(H,26,27,29). The number of hydrogen-bond donors (Lipinski definition) is 1. The normalized spacial score (nSPS) is 11.4. The summed E-state index contributed by atoms with van der Waals surface area (Å²) in [6.07, 6.45) is 0. The van der Waals surface area contributed by atoms with Crippen molar-refractivity contribution in [2.45, 2.75) is 6.92 Å². The molecule has 0 spiro atoms. The molecule has 4 rings (SSSR count). The molecule has 4 aromatic rings. The largest absolute Gasteiger partial charge is 0.493 e. The van der Waals surface area contributed by atoms with E-state index in [0.29, 0.717) is 28.2 Å². The van der Waals surface area contributed by atoms with Crippen LogP contribution < -0.4 is 14.9 Å². The van der Waals surface area contributed by atoms with E-state index in [1.807, 2.05) is 73.7 Å².